The molecule has 0 unspecified atom stereocenters. The number of sulfonamides is 1. The quantitative estimate of drug-likeness (QED) is 0.778. The standard InChI is InChI=1S/C12H15ClF3NO2S/c1-3-17(8-7-13)20(18,19)11-6-4-5-10(9(11)2)12(14,15)16/h4-6H,3,7-8H2,1-2H3. The third kappa shape index (κ3) is 3.45. The van der Waals surface area contributed by atoms with Crippen molar-refractivity contribution in [2.24, 2.45) is 0 Å². The number of halogens is 4. The summed E-state index contributed by atoms with van der Waals surface area (Å²) >= 11 is 5.53. The summed E-state index contributed by atoms with van der Waals surface area (Å²) in [5.74, 6) is 0.0745. The van der Waals surface area contributed by atoms with Crippen molar-refractivity contribution in [2.45, 2.75) is 24.9 Å². The van der Waals surface area contributed by atoms with Crippen molar-refractivity contribution < 1.29 is 21.6 Å². The van der Waals surface area contributed by atoms with E-state index in [0.29, 0.717) is 0 Å². The fourth-order valence-electron chi connectivity index (χ4n) is 1.88. The Morgan fingerprint density at radius 3 is 2.35 bits per heavy atom. The number of alkyl halides is 4. The fourth-order valence-corrected chi connectivity index (χ4v) is 3.88. The molecule has 1 rings (SSSR count). The summed E-state index contributed by atoms with van der Waals surface area (Å²) in [7, 11) is -3.98. The van der Waals surface area contributed by atoms with E-state index in [1.165, 1.54) is 6.07 Å². The molecular weight excluding hydrogens is 315 g/mol. The molecule has 1 aromatic rings. The Hall–Kier alpha value is -0.790. The van der Waals surface area contributed by atoms with Gasteiger partial charge in [-0.3, -0.25) is 0 Å². The van der Waals surface area contributed by atoms with Gasteiger partial charge in [0.05, 0.1) is 10.5 Å². The van der Waals surface area contributed by atoms with Crippen LogP contribution in [0.5, 0.6) is 0 Å². The van der Waals surface area contributed by atoms with Crippen LogP contribution in [0.3, 0.4) is 0 Å². The van der Waals surface area contributed by atoms with E-state index in [1.807, 2.05) is 0 Å². The van der Waals surface area contributed by atoms with Gasteiger partial charge in [0.1, 0.15) is 0 Å². The summed E-state index contributed by atoms with van der Waals surface area (Å²) < 4.78 is 64.2. The zero-order valence-corrected chi connectivity index (χ0v) is 12.6. The van der Waals surface area contributed by atoms with Crippen molar-refractivity contribution >= 4 is 21.6 Å². The number of rotatable bonds is 5. The van der Waals surface area contributed by atoms with Crippen molar-refractivity contribution in [3.8, 4) is 0 Å². The van der Waals surface area contributed by atoms with Crippen LogP contribution in [0.1, 0.15) is 18.1 Å². The molecule has 0 aliphatic heterocycles. The molecule has 0 aromatic heterocycles. The molecule has 0 fully saturated rings. The summed E-state index contributed by atoms with van der Waals surface area (Å²) in [4.78, 5) is -0.334. The van der Waals surface area contributed by atoms with Crippen molar-refractivity contribution in [1.82, 2.24) is 4.31 Å². The van der Waals surface area contributed by atoms with Crippen molar-refractivity contribution in [1.29, 1.82) is 0 Å². The highest BCUT2D eigenvalue weighted by Crippen LogP contribution is 2.34. The Bertz CT molecular complexity index is 573. The van der Waals surface area contributed by atoms with Crippen LogP contribution in [0.25, 0.3) is 0 Å². The van der Waals surface area contributed by atoms with Crippen LogP contribution in [0.4, 0.5) is 13.2 Å². The minimum Gasteiger partial charge on any atom is -0.207 e. The first-order chi connectivity index (χ1) is 9.16. The lowest BCUT2D eigenvalue weighted by atomic mass is 10.1. The zero-order valence-electron chi connectivity index (χ0n) is 11.0. The number of hydrogen-bond donors (Lipinski definition) is 0. The smallest absolute Gasteiger partial charge is 0.207 e. The van der Waals surface area contributed by atoms with Crippen LogP contribution in [0, 0.1) is 6.92 Å². The SMILES string of the molecule is CCN(CCCl)S(=O)(=O)c1cccc(C(F)(F)F)c1C. The summed E-state index contributed by atoms with van der Waals surface area (Å²) in [5.41, 5.74) is -1.24. The van der Waals surface area contributed by atoms with Crippen LogP contribution in [-0.4, -0.2) is 31.7 Å². The van der Waals surface area contributed by atoms with E-state index < -0.39 is 21.8 Å². The average molecular weight is 330 g/mol. The topological polar surface area (TPSA) is 37.4 Å². The van der Waals surface area contributed by atoms with Gasteiger partial charge in [-0.1, -0.05) is 13.0 Å². The van der Waals surface area contributed by atoms with Gasteiger partial charge < -0.3 is 0 Å². The van der Waals surface area contributed by atoms with E-state index in [-0.39, 0.29) is 29.4 Å². The zero-order chi connectivity index (χ0) is 15.6. The predicted octanol–water partition coefficient (Wildman–Crippen LogP) is 3.26. The van der Waals surface area contributed by atoms with Crippen LogP contribution >= 0.6 is 11.6 Å². The van der Waals surface area contributed by atoms with Crippen LogP contribution in [0.2, 0.25) is 0 Å². The molecule has 0 bridgehead atoms. The Kier molecular flexibility index (Phi) is 5.46. The third-order valence-electron chi connectivity index (χ3n) is 2.89. The van der Waals surface area contributed by atoms with Crippen LogP contribution in [-0.2, 0) is 16.2 Å². The van der Waals surface area contributed by atoms with E-state index in [1.54, 1.807) is 6.92 Å². The molecule has 8 heteroatoms. The highest BCUT2D eigenvalue weighted by atomic mass is 35.5. The van der Waals surface area contributed by atoms with Gasteiger partial charge >= 0.3 is 6.18 Å². The maximum absolute atomic E-state index is 12.8. The second-order valence-corrected chi connectivity index (χ2v) is 6.40. The molecule has 20 heavy (non-hydrogen) atoms. The highest BCUT2D eigenvalue weighted by Gasteiger charge is 2.35. The third-order valence-corrected chi connectivity index (χ3v) is 5.18. The van der Waals surface area contributed by atoms with E-state index in [0.717, 1.165) is 23.4 Å². The summed E-state index contributed by atoms with van der Waals surface area (Å²) in [5, 5.41) is 0. The monoisotopic (exact) mass is 329 g/mol. The molecule has 0 spiro atoms. The Morgan fingerprint density at radius 1 is 1.30 bits per heavy atom. The number of benzene rings is 1. The first-order valence-electron chi connectivity index (χ1n) is 5.89. The van der Waals surface area contributed by atoms with Crippen LogP contribution in [0.15, 0.2) is 23.1 Å². The molecule has 0 saturated carbocycles. The number of hydrogen-bond acceptors (Lipinski definition) is 2. The second-order valence-electron chi connectivity index (χ2n) is 4.11. The van der Waals surface area contributed by atoms with E-state index in [9.17, 15) is 21.6 Å². The molecule has 0 heterocycles. The van der Waals surface area contributed by atoms with E-state index in [4.69, 9.17) is 11.6 Å². The maximum Gasteiger partial charge on any atom is 0.416 e. The molecule has 0 radical (unpaired) electrons. The Balaban J connectivity index is 3.40. The first kappa shape index (κ1) is 17.3. The molecule has 0 N–H and O–H groups in total. The minimum atomic E-state index is -4.58. The lowest BCUT2D eigenvalue weighted by Crippen LogP contribution is -2.33. The first-order valence-corrected chi connectivity index (χ1v) is 7.86. The van der Waals surface area contributed by atoms with E-state index >= 15 is 0 Å². The predicted molar refractivity (Wildman–Crippen MR) is 71.3 cm³/mol. The van der Waals surface area contributed by atoms with Gasteiger partial charge in [0.25, 0.3) is 0 Å². The summed E-state index contributed by atoms with van der Waals surface area (Å²) in [6, 6.07) is 3.14. The van der Waals surface area contributed by atoms with Crippen molar-refractivity contribution in [2.75, 3.05) is 19.0 Å². The van der Waals surface area contributed by atoms with Gasteiger partial charge in [0, 0.05) is 19.0 Å². The van der Waals surface area contributed by atoms with Gasteiger partial charge in [-0.05, 0) is 24.6 Å². The maximum atomic E-state index is 12.8. The molecule has 1 aromatic carbocycles. The van der Waals surface area contributed by atoms with Crippen LogP contribution < -0.4 is 0 Å². The Morgan fingerprint density at radius 2 is 1.90 bits per heavy atom. The van der Waals surface area contributed by atoms with Crippen molar-refractivity contribution in [3.05, 3.63) is 29.3 Å². The molecule has 0 aliphatic carbocycles. The van der Waals surface area contributed by atoms with Gasteiger partial charge in [-0.25, -0.2) is 8.42 Å². The molecule has 3 nitrogen and oxygen atoms in total. The van der Waals surface area contributed by atoms with Gasteiger partial charge in [0.15, 0.2) is 0 Å². The number of nitrogens with zero attached hydrogens (tertiary/aromatic N) is 1. The molecule has 0 saturated heterocycles. The molecular formula is C12H15ClF3NO2S. The lowest BCUT2D eigenvalue weighted by molar-refractivity contribution is -0.138. The highest BCUT2D eigenvalue weighted by molar-refractivity contribution is 7.89. The van der Waals surface area contributed by atoms with Gasteiger partial charge in [0.2, 0.25) is 10.0 Å². The second kappa shape index (κ2) is 6.32. The normalized spacial score (nSPS) is 12.9. The summed E-state index contributed by atoms with van der Waals surface area (Å²) in [6.45, 7) is 2.96. The largest absolute Gasteiger partial charge is 0.416 e. The summed E-state index contributed by atoms with van der Waals surface area (Å²) in [6.07, 6.45) is -4.58. The lowest BCUT2D eigenvalue weighted by Gasteiger charge is -2.22. The van der Waals surface area contributed by atoms with E-state index in [2.05, 4.69) is 0 Å². The Labute approximate surface area is 121 Å². The molecule has 0 aliphatic rings. The fraction of sp³-hybridized carbons (Fsp3) is 0.500. The van der Waals surface area contributed by atoms with Gasteiger partial charge in [-0.2, -0.15) is 17.5 Å². The molecule has 0 amide bonds. The molecule has 114 valence electrons. The average Bonchev–Trinajstić information content (AvgIpc) is 2.34. The van der Waals surface area contributed by atoms with Crippen molar-refractivity contribution in [3.63, 3.8) is 0 Å². The minimum absolute atomic E-state index is 0.0517. The van der Waals surface area contributed by atoms with Gasteiger partial charge in [-0.15, -0.1) is 11.6 Å². The molecule has 0 atom stereocenters.